The maximum Gasteiger partial charge on any atom is 0.318 e. The number of aliphatic carboxylic acids is 1. The molecule has 0 fully saturated rings. The second-order valence-corrected chi connectivity index (χ2v) is 0.773. The zero-order valence-corrected chi connectivity index (χ0v) is 3.16. The summed E-state index contributed by atoms with van der Waals surface area (Å²) in [7, 11) is 0. The van der Waals surface area contributed by atoms with E-state index in [1.807, 2.05) is 0 Å². The van der Waals surface area contributed by atoms with Gasteiger partial charge in [0.2, 0.25) is 0 Å². The molecular formula is C2H3ClO2. The number of hydrogen-bond donors (Lipinski definition) is 1. The largest absolute Gasteiger partial charge is 0.480 e. The van der Waals surface area contributed by atoms with Crippen molar-refractivity contribution >= 4 is 17.6 Å². The lowest BCUT2D eigenvalue weighted by atomic mass is 10.8. The number of hydrogen-bond acceptors (Lipinski definition) is 2. The number of carboxylic acid groups (broad SMARTS) is 1. The second-order valence-electron chi connectivity index (χ2n) is 0.506. The number of carbonyl (C=O) groups is 1. The fraction of sp³-hybridized carbons (Fsp3) is 0.500. The molecule has 0 aliphatic heterocycles. The van der Waals surface area contributed by atoms with Gasteiger partial charge in [0.25, 0.3) is 1.43 Å². The van der Waals surface area contributed by atoms with Crippen LogP contribution in [0.1, 0.15) is 0 Å². The molecule has 0 aromatic rings. The van der Waals surface area contributed by atoms with Gasteiger partial charge in [-0.1, -0.05) is 0 Å². The average Bonchev–Trinajstić information content (AvgIpc) is 1.65. The summed E-state index contributed by atoms with van der Waals surface area (Å²) in [5.41, 5.74) is 0. The molecule has 0 aliphatic rings. The molecule has 1 N–H and O–H groups in total. The Kier molecular flexibility index (Phi) is 1.20. The van der Waals surface area contributed by atoms with Crippen molar-refractivity contribution in [3.8, 4) is 0 Å². The van der Waals surface area contributed by atoms with Crippen LogP contribution >= 0.6 is 11.6 Å². The Balaban J connectivity index is 2.99. The first-order valence-electron chi connectivity index (χ1n) is 1.44. The second kappa shape index (κ2) is 2.03. The summed E-state index contributed by atoms with van der Waals surface area (Å²) in [6, 6.07) is 0. The molecule has 0 aromatic heterocycles. The zero-order chi connectivity index (χ0) is 4.99. The predicted octanol–water partition coefficient (Wildman–Crippen LogP) is 0.310. The van der Waals surface area contributed by atoms with Crippen molar-refractivity contribution in [2.45, 2.75) is 0 Å². The van der Waals surface area contributed by atoms with Gasteiger partial charge in [-0.15, -0.1) is 11.6 Å². The van der Waals surface area contributed by atoms with Gasteiger partial charge < -0.3 is 5.11 Å². The molecule has 0 aliphatic carbocycles. The maximum absolute atomic E-state index is 9.64. The van der Waals surface area contributed by atoms with Gasteiger partial charge in [-0.25, -0.2) is 0 Å². The van der Waals surface area contributed by atoms with Gasteiger partial charge in [-0.05, 0) is 0 Å². The first-order valence-corrected chi connectivity index (χ1v) is 1.56. The van der Waals surface area contributed by atoms with Gasteiger partial charge in [-0.3, -0.25) is 4.79 Å². The third kappa shape index (κ3) is 3.76. The van der Waals surface area contributed by atoms with Crippen LogP contribution in [-0.4, -0.2) is 17.0 Å². The Bertz CT molecular complexity index is 49.5. The Morgan fingerprint density at radius 3 is 3.00 bits per heavy atom. The third-order valence-electron chi connectivity index (χ3n) is 0.109. The Morgan fingerprint density at radius 1 is 2.40 bits per heavy atom. The third-order valence-corrected chi connectivity index (χ3v) is 0.327. The predicted molar refractivity (Wildman–Crippen MR) is 18.4 cm³/mol. The molecule has 5 heavy (non-hydrogen) atoms. The van der Waals surface area contributed by atoms with E-state index < -0.39 is 5.97 Å². The number of rotatable bonds is 1. The topological polar surface area (TPSA) is 37.3 Å². The normalized spacial score (nSPS) is 9.40. The highest BCUT2D eigenvalue weighted by molar-refractivity contribution is 6.26. The van der Waals surface area contributed by atoms with Crippen molar-refractivity contribution in [3.63, 3.8) is 0 Å². The van der Waals surface area contributed by atoms with E-state index in [-0.39, 0.29) is 5.88 Å². The van der Waals surface area contributed by atoms with E-state index in [1.54, 1.807) is 0 Å². The molecule has 0 atom stereocenters. The number of alkyl halides is 1. The van der Waals surface area contributed by atoms with Crippen molar-refractivity contribution in [1.29, 1.82) is 1.43 Å². The molecule has 0 aromatic carbocycles. The molecule has 0 rings (SSSR count). The smallest absolute Gasteiger partial charge is 0.318 e. The summed E-state index contributed by atoms with van der Waals surface area (Å²) in [6.07, 6.45) is 0. The quantitative estimate of drug-likeness (QED) is 0.476. The molecule has 2 nitrogen and oxygen atoms in total. The van der Waals surface area contributed by atoms with Crippen LogP contribution in [0.15, 0.2) is 0 Å². The van der Waals surface area contributed by atoms with Gasteiger partial charge in [0.1, 0.15) is 5.88 Å². The fourth-order valence-electron chi connectivity index (χ4n) is 0. The van der Waals surface area contributed by atoms with Gasteiger partial charge in [0.15, 0.2) is 0 Å². The van der Waals surface area contributed by atoms with Crippen molar-refractivity contribution in [1.82, 2.24) is 0 Å². The molecule has 0 spiro atoms. The van der Waals surface area contributed by atoms with Crippen LogP contribution < -0.4 is 0 Å². The van der Waals surface area contributed by atoms with E-state index >= 15 is 0 Å². The Labute approximate surface area is 35.9 Å². The molecule has 0 saturated heterocycles. The van der Waals surface area contributed by atoms with Crippen molar-refractivity contribution in [2.75, 3.05) is 5.88 Å². The van der Waals surface area contributed by atoms with Gasteiger partial charge in [-0.2, -0.15) is 0 Å². The molecule has 3 heteroatoms. The molecule has 0 bridgehead atoms. The molecule has 0 saturated carbocycles. The molecule has 0 amide bonds. The number of carboxylic acids is 1. The van der Waals surface area contributed by atoms with E-state index in [1.165, 1.54) is 0 Å². The lowest BCUT2D eigenvalue weighted by molar-refractivity contribution is -0.134. The number of halogens is 1. The Hall–Kier alpha value is -0.240. The van der Waals surface area contributed by atoms with Crippen molar-refractivity contribution < 1.29 is 9.90 Å². The van der Waals surface area contributed by atoms with Gasteiger partial charge in [0.05, 0.1) is 0 Å². The molecule has 0 unspecified atom stereocenters. The van der Waals surface area contributed by atoms with E-state index in [4.69, 9.17) is 13.0 Å². The van der Waals surface area contributed by atoms with Crippen LogP contribution in [0.5, 0.6) is 0 Å². The average molecular weight is 95.5 g/mol. The first kappa shape index (κ1) is 2.97. The molecule has 30 valence electrons. The summed E-state index contributed by atoms with van der Waals surface area (Å²) in [4.78, 5) is 9.64. The summed E-state index contributed by atoms with van der Waals surface area (Å²) in [6.45, 7) is 0. The fourth-order valence-corrected chi connectivity index (χ4v) is 0. The highest BCUT2D eigenvalue weighted by atomic mass is 35.5. The molecule has 0 radical (unpaired) electrons. The van der Waals surface area contributed by atoms with Crippen molar-refractivity contribution in [3.05, 3.63) is 0 Å². The van der Waals surface area contributed by atoms with Crippen LogP contribution in [0.3, 0.4) is 0 Å². The minimum Gasteiger partial charge on any atom is -0.480 e. The summed E-state index contributed by atoms with van der Waals surface area (Å²) < 4.78 is 5.87. The van der Waals surface area contributed by atoms with Crippen LogP contribution in [0.25, 0.3) is 1.43 Å². The van der Waals surface area contributed by atoms with Crippen LogP contribution in [0.4, 0.5) is 0 Å². The van der Waals surface area contributed by atoms with E-state index in [2.05, 4.69) is 5.11 Å². The van der Waals surface area contributed by atoms with Crippen LogP contribution in [-0.2, 0) is 4.79 Å². The monoisotopic (exact) mass is 95.0 g/mol. The van der Waals surface area contributed by atoms with E-state index in [0.717, 1.165) is 0 Å². The lowest BCUT2D eigenvalue weighted by Gasteiger charge is -1.69. The Morgan fingerprint density at radius 2 is 3.00 bits per heavy atom. The van der Waals surface area contributed by atoms with Crippen LogP contribution in [0.2, 0.25) is 0 Å². The lowest BCUT2D eigenvalue weighted by Crippen LogP contribution is -1.92. The summed E-state index contributed by atoms with van der Waals surface area (Å²) >= 11 is 4.86. The van der Waals surface area contributed by atoms with E-state index in [0.29, 0.717) is 0 Å². The van der Waals surface area contributed by atoms with Gasteiger partial charge in [0, 0.05) is 0 Å². The van der Waals surface area contributed by atoms with E-state index in [9.17, 15) is 4.79 Å². The van der Waals surface area contributed by atoms with Crippen molar-refractivity contribution in [2.24, 2.45) is 0 Å². The SMILES string of the molecule is [2H]OC(=O)CCl. The summed E-state index contributed by atoms with van der Waals surface area (Å²) in [5, 5.41) is 3.38. The minimum atomic E-state index is -0.725. The molecular weight excluding hydrogens is 91.5 g/mol. The first-order chi connectivity index (χ1) is 2.81. The van der Waals surface area contributed by atoms with Crippen LogP contribution in [0, 0.1) is 0 Å². The zero-order valence-electron chi connectivity index (χ0n) is 3.40. The maximum atomic E-state index is 9.64. The standard InChI is InChI=1S/C2H3ClO2/c3-1-2(4)5/h1H2,(H,4,5)/i/hD. The van der Waals surface area contributed by atoms with Gasteiger partial charge >= 0.3 is 5.97 Å². The summed E-state index contributed by atoms with van der Waals surface area (Å²) in [5.74, 6) is -0.972. The minimum absolute atomic E-state index is 0.247. The highest BCUT2D eigenvalue weighted by Crippen LogP contribution is 1.67. The highest BCUT2D eigenvalue weighted by Gasteiger charge is 1.83. The molecule has 0 heterocycles.